The first-order valence-corrected chi connectivity index (χ1v) is 12.7. The third-order valence-corrected chi connectivity index (χ3v) is 7.35. The Labute approximate surface area is 232 Å². The number of nitrogens with one attached hydrogen (secondary N) is 1. The molecule has 1 N–H and O–H groups in total. The largest absolute Gasteiger partial charge is 0.361 e. The number of hydrazone groups is 1. The number of imide groups is 1. The van der Waals surface area contributed by atoms with Gasteiger partial charge in [0.05, 0.1) is 23.5 Å². The SMILES string of the molecule is CC1=NN(c2ccc(Cl)cc2)C(=O)C1C1=C(c2c[nH]c3ccc(Cl)cc23)C(=O)N(Cc2ccc(F)cc2)C1=O. The molecule has 0 bridgehead atoms. The Morgan fingerprint density at radius 3 is 2.33 bits per heavy atom. The van der Waals surface area contributed by atoms with E-state index < -0.39 is 29.5 Å². The molecular formula is C29H19Cl2FN4O3. The minimum Gasteiger partial charge on any atom is -0.361 e. The van der Waals surface area contributed by atoms with Crippen molar-refractivity contribution in [1.82, 2.24) is 9.88 Å². The zero-order valence-electron chi connectivity index (χ0n) is 20.4. The highest BCUT2D eigenvalue weighted by molar-refractivity contribution is 6.41. The van der Waals surface area contributed by atoms with Crippen molar-refractivity contribution in [3.8, 4) is 0 Å². The van der Waals surface area contributed by atoms with E-state index in [-0.39, 0.29) is 17.7 Å². The van der Waals surface area contributed by atoms with Gasteiger partial charge in [-0.3, -0.25) is 19.3 Å². The van der Waals surface area contributed by atoms with E-state index in [9.17, 15) is 18.8 Å². The fourth-order valence-electron chi connectivity index (χ4n) is 5.00. The molecule has 7 nitrogen and oxygen atoms in total. The summed E-state index contributed by atoms with van der Waals surface area (Å²) in [4.78, 5) is 45.8. The molecule has 4 aromatic rings. The number of anilines is 1. The number of rotatable bonds is 5. The van der Waals surface area contributed by atoms with Crippen LogP contribution in [-0.2, 0) is 20.9 Å². The smallest absolute Gasteiger partial charge is 0.262 e. The zero-order chi connectivity index (χ0) is 27.4. The Bertz CT molecular complexity index is 1740. The van der Waals surface area contributed by atoms with Gasteiger partial charge in [0.25, 0.3) is 17.7 Å². The first-order valence-electron chi connectivity index (χ1n) is 12.0. The monoisotopic (exact) mass is 560 g/mol. The van der Waals surface area contributed by atoms with E-state index in [2.05, 4.69) is 10.1 Å². The van der Waals surface area contributed by atoms with Gasteiger partial charge in [0.2, 0.25) is 0 Å². The Balaban J connectivity index is 1.48. The van der Waals surface area contributed by atoms with E-state index in [0.29, 0.717) is 43.5 Å². The van der Waals surface area contributed by atoms with Crippen molar-refractivity contribution in [2.45, 2.75) is 13.5 Å². The van der Waals surface area contributed by atoms with Gasteiger partial charge in [0, 0.05) is 38.3 Å². The maximum Gasteiger partial charge on any atom is 0.262 e. The van der Waals surface area contributed by atoms with Crippen molar-refractivity contribution in [3.63, 3.8) is 0 Å². The van der Waals surface area contributed by atoms with Crippen LogP contribution in [0.15, 0.2) is 83.6 Å². The van der Waals surface area contributed by atoms with Crippen LogP contribution in [0.5, 0.6) is 0 Å². The third kappa shape index (κ3) is 4.22. The maximum atomic E-state index is 14.0. The molecule has 3 aromatic carbocycles. The fraction of sp³-hybridized carbons (Fsp3) is 0.103. The molecule has 1 unspecified atom stereocenters. The summed E-state index contributed by atoms with van der Waals surface area (Å²) >= 11 is 12.3. The maximum absolute atomic E-state index is 14.0. The normalized spacial score (nSPS) is 17.7. The van der Waals surface area contributed by atoms with Gasteiger partial charge in [0.15, 0.2) is 0 Å². The van der Waals surface area contributed by atoms with Crippen LogP contribution in [0.3, 0.4) is 0 Å². The van der Waals surface area contributed by atoms with Gasteiger partial charge in [0.1, 0.15) is 11.7 Å². The van der Waals surface area contributed by atoms with Gasteiger partial charge in [-0.15, -0.1) is 0 Å². The van der Waals surface area contributed by atoms with Gasteiger partial charge in [-0.2, -0.15) is 10.1 Å². The summed E-state index contributed by atoms with van der Waals surface area (Å²) in [5.41, 5.74) is 2.70. The minimum absolute atomic E-state index is 0.0331. The molecule has 2 aliphatic rings. The van der Waals surface area contributed by atoms with E-state index in [1.54, 1.807) is 55.6 Å². The van der Waals surface area contributed by atoms with E-state index in [1.165, 1.54) is 29.3 Å². The molecule has 0 fully saturated rings. The number of aromatic amines is 1. The Hall–Kier alpha value is -4.27. The summed E-state index contributed by atoms with van der Waals surface area (Å²) in [6.07, 6.45) is 1.63. The van der Waals surface area contributed by atoms with Crippen LogP contribution in [0.25, 0.3) is 16.5 Å². The van der Waals surface area contributed by atoms with E-state index in [0.717, 1.165) is 4.90 Å². The van der Waals surface area contributed by atoms with Crippen molar-refractivity contribution in [3.05, 3.63) is 105 Å². The van der Waals surface area contributed by atoms with Gasteiger partial charge in [-0.25, -0.2) is 4.39 Å². The van der Waals surface area contributed by atoms with Crippen LogP contribution in [-0.4, -0.2) is 33.3 Å². The first-order chi connectivity index (χ1) is 18.7. The quantitative estimate of drug-likeness (QED) is 0.305. The fourth-order valence-corrected chi connectivity index (χ4v) is 5.30. The molecule has 0 radical (unpaired) electrons. The number of fused-ring (bicyclic) bond motifs is 1. The summed E-state index contributed by atoms with van der Waals surface area (Å²) in [6, 6.07) is 17.3. The van der Waals surface area contributed by atoms with E-state index in [1.807, 2.05) is 0 Å². The second kappa shape index (κ2) is 9.48. The molecule has 3 amide bonds. The molecule has 0 aliphatic carbocycles. The molecule has 0 spiro atoms. The molecule has 3 heterocycles. The number of carbonyl (C=O) groups excluding carboxylic acids is 3. The van der Waals surface area contributed by atoms with Gasteiger partial charge >= 0.3 is 0 Å². The van der Waals surface area contributed by atoms with Crippen molar-refractivity contribution in [1.29, 1.82) is 0 Å². The van der Waals surface area contributed by atoms with Crippen molar-refractivity contribution < 1.29 is 18.8 Å². The summed E-state index contributed by atoms with van der Waals surface area (Å²) in [5.74, 6) is -3.16. The molecule has 39 heavy (non-hydrogen) atoms. The number of aromatic nitrogens is 1. The molecular weight excluding hydrogens is 542 g/mol. The average molecular weight is 561 g/mol. The lowest BCUT2D eigenvalue weighted by molar-refractivity contribution is -0.138. The van der Waals surface area contributed by atoms with Gasteiger partial charge in [-0.05, 0) is 67.1 Å². The second-order valence-electron chi connectivity index (χ2n) is 9.30. The average Bonchev–Trinajstić information content (AvgIpc) is 3.53. The summed E-state index contributed by atoms with van der Waals surface area (Å²) in [6.45, 7) is 1.56. The number of benzene rings is 3. The number of amides is 3. The van der Waals surface area contributed by atoms with Crippen molar-refractivity contribution >= 4 is 68.8 Å². The van der Waals surface area contributed by atoms with Gasteiger partial charge in [-0.1, -0.05) is 35.3 Å². The number of nitrogens with zero attached hydrogens (tertiary/aromatic N) is 3. The van der Waals surface area contributed by atoms with Crippen LogP contribution in [0, 0.1) is 11.7 Å². The molecule has 194 valence electrons. The molecule has 1 atom stereocenters. The standard InChI is InChI=1S/C29H19Cl2FN4O3/c1-15-24(29(39)36(34-15)20-9-4-17(30)5-10-20)26-25(22-13-33-23-11-6-18(31)12-21(22)23)27(37)35(28(26)38)14-16-2-7-19(32)8-3-16/h2-13,24,33H,14H2,1H3. The third-order valence-electron chi connectivity index (χ3n) is 6.86. The Kier molecular flexibility index (Phi) is 6.09. The van der Waals surface area contributed by atoms with Gasteiger partial charge < -0.3 is 4.98 Å². The molecule has 2 aliphatic heterocycles. The first kappa shape index (κ1) is 25.0. The predicted octanol–water partition coefficient (Wildman–Crippen LogP) is 5.98. The minimum atomic E-state index is -1.09. The molecule has 10 heteroatoms. The summed E-state index contributed by atoms with van der Waals surface area (Å²) in [7, 11) is 0. The highest BCUT2D eigenvalue weighted by Gasteiger charge is 2.49. The summed E-state index contributed by atoms with van der Waals surface area (Å²) < 4.78 is 13.5. The summed E-state index contributed by atoms with van der Waals surface area (Å²) in [5, 5.41) is 7.24. The molecule has 0 saturated carbocycles. The van der Waals surface area contributed by atoms with Crippen LogP contribution >= 0.6 is 23.2 Å². The molecule has 6 rings (SSSR count). The predicted molar refractivity (Wildman–Crippen MR) is 148 cm³/mol. The Morgan fingerprint density at radius 2 is 1.62 bits per heavy atom. The van der Waals surface area contributed by atoms with Crippen LogP contribution in [0.1, 0.15) is 18.1 Å². The van der Waals surface area contributed by atoms with Crippen LogP contribution in [0.2, 0.25) is 10.0 Å². The highest BCUT2D eigenvalue weighted by atomic mass is 35.5. The number of hydrogen-bond donors (Lipinski definition) is 1. The lowest BCUT2D eigenvalue weighted by Crippen LogP contribution is -2.35. The number of H-pyrrole nitrogens is 1. The topological polar surface area (TPSA) is 85.8 Å². The number of hydrogen-bond acceptors (Lipinski definition) is 4. The molecule has 0 saturated heterocycles. The number of halogens is 3. The van der Waals surface area contributed by atoms with Crippen molar-refractivity contribution in [2.24, 2.45) is 11.0 Å². The second-order valence-corrected chi connectivity index (χ2v) is 10.2. The zero-order valence-corrected chi connectivity index (χ0v) is 21.9. The van der Waals surface area contributed by atoms with Crippen LogP contribution < -0.4 is 5.01 Å². The van der Waals surface area contributed by atoms with Crippen molar-refractivity contribution in [2.75, 3.05) is 5.01 Å². The molecule has 1 aromatic heterocycles. The number of carbonyl (C=O) groups is 3. The van der Waals surface area contributed by atoms with E-state index >= 15 is 0 Å². The van der Waals surface area contributed by atoms with Crippen LogP contribution in [0.4, 0.5) is 10.1 Å². The lowest BCUT2D eigenvalue weighted by Gasteiger charge is -2.17. The highest BCUT2D eigenvalue weighted by Crippen LogP contribution is 2.41. The van der Waals surface area contributed by atoms with E-state index in [4.69, 9.17) is 23.2 Å². The Morgan fingerprint density at radius 1 is 0.923 bits per heavy atom. The lowest BCUT2D eigenvalue weighted by atomic mass is 9.88.